The quantitative estimate of drug-likeness (QED) is 0.374. The Balaban J connectivity index is 1.49. The van der Waals surface area contributed by atoms with Crippen LogP contribution in [0, 0.1) is 42.9 Å². The van der Waals surface area contributed by atoms with Crippen molar-refractivity contribution in [3.05, 3.63) is 50.2 Å². The molecule has 5 rings (SSSR count). The maximum atomic E-state index is 12.4. The Bertz CT molecular complexity index is 1490. The van der Waals surface area contributed by atoms with Crippen LogP contribution in [0.4, 0.5) is 0 Å². The lowest BCUT2D eigenvalue weighted by atomic mass is 9.75. The number of aromatic nitrogens is 4. The zero-order chi connectivity index (χ0) is 27.9. The van der Waals surface area contributed by atoms with E-state index in [9.17, 15) is 9.90 Å². The highest BCUT2D eigenvalue weighted by Crippen LogP contribution is 2.42. The SMILES string of the molecule is Cc1cc(C)n2nc(CN3CCC(c4cc(C#CC(C)(C)C)sc4C(=O)O)=C(C4CCC(C)CC4)C3)nc2n1. The van der Waals surface area contributed by atoms with Crippen molar-refractivity contribution in [2.24, 2.45) is 17.3 Å². The zero-order valence-corrected chi connectivity index (χ0v) is 24.8. The Morgan fingerprint density at radius 2 is 1.90 bits per heavy atom. The number of aryl methyl sites for hydroxylation is 2. The first-order valence-electron chi connectivity index (χ1n) is 14.0. The fraction of sp³-hybridized carbons (Fsp3) is 0.548. The predicted octanol–water partition coefficient (Wildman–Crippen LogP) is 6.38. The molecule has 4 heterocycles. The van der Waals surface area contributed by atoms with Gasteiger partial charge in [0, 0.05) is 35.5 Å². The molecule has 1 N–H and O–H groups in total. The molecule has 1 fully saturated rings. The molecule has 0 atom stereocenters. The van der Waals surface area contributed by atoms with Gasteiger partial charge in [0.05, 0.1) is 11.4 Å². The molecule has 7 nitrogen and oxygen atoms in total. The molecule has 0 unspecified atom stereocenters. The van der Waals surface area contributed by atoms with Crippen molar-refractivity contribution in [3.8, 4) is 11.8 Å². The molecule has 0 aromatic carbocycles. The number of aromatic carboxylic acids is 1. The summed E-state index contributed by atoms with van der Waals surface area (Å²) in [4.78, 5) is 25.3. The van der Waals surface area contributed by atoms with Gasteiger partial charge in [-0.1, -0.05) is 31.6 Å². The fourth-order valence-corrected chi connectivity index (χ4v) is 6.71. The average molecular weight is 546 g/mol. The van der Waals surface area contributed by atoms with Crippen LogP contribution in [0.25, 0.3) is 11.4 Å². The van der Waals surface area contributed by atoms with Gasteiger partial charge in [0.1, 0.15) is 4.88 Å². The molecule has 3 aromatic heterocycles. The molecule has 1 aliphatic heterocycles. The standard InChI is InChI=1S/C31H39N5O2S/c1-19-7-9-22(10-8-19)26-17-35(18-27-33-30-32-20(2)15-21(3)36(30)34-27)14-12-24(26)25-16-23(11-13-31(4,5)6)39-28(25)29(37)38/h15-16,19,22H,7-10,12,14,17-18H2,1-6H3,(H,37,38). The molecule has 0 saturated heterocycles. The number of fused-ring (bicyclic) bond motifs is 1. The van der Waals surface area contributed by atoms with E-state index in [2.05, 4.69) is 49.4 Å². The van der Waals surface area contributed by atoms with Crippen LogP contribution in [0.5, 0.6) is 0 Å². The van der Waals surface area contributed by atoms with Crippen molar-refractivity contribution < 1.29 is 9.90 Å². The molecule has 1 saturated carbocycles. The van der Waals surface area contributed by atoms with Gasteiger partial charge < -0.3 is 5.11 Å². The summed E-state index contributed by atoms with van der Waals surface area (Å²) < 4.78 is 1.82. The summed E-state index contributed by atoms with van der Waals surface area (Å²) in [7, 11) is 0. The van der Waals surface area contributed by atoms with Gasteiger partial charge >= 0.3 is 5.97 Å². The molecule has 39 heavy (non-hydrogen) atoms. The van der Waals surface area contributed by atoms with Gasteiger partial charge in [0.15, 0.2) is 5.82 Å². The fourth-order valence-electron chi connectivity index (χ4n) is 5.83. The summed E-state index contributed by atoms with van der Waals surface area (Å²) in [6, 6.07) is 4.05. The van der Waals surface area contributed by atoms with E-state index >= 15 is 0 Å². The first-order chi connectivity index (χ1) is 18.5. The minimum Gasteiger partial charge on any atom is -0.477 e. The maximum absolute atomic E-state index is 12.4. The first-order valence-corrected chi connectivity index (χ1v) is 14.8. The number of rotatable bonds is 5. The summed E-state index contributed by atoms with van der Waals surface area (Å²) in [5.41, 5.74) is 5.33. The topological polar surface area (TPSA) is 83.6 Å². The Morgan fingerprint density at radius 1 is 1.15 bits per heavy atom. The molecule has 3 aromatic rings. The van der Waals surface area contributed by atoms with E-state index in [1.165, 1.54) is 35.3 Å². The van der Waals surface area contributed by atoms with Gasteiger partial charge in [-0.05, 0) is 89.0 Å². The van der Waals surface area contributed by atoms with Crippen molar-refractivity contribution >= 4 is 28.7 Å². The van der Waals surface area contributed by atoms with Crippen molar-refractivity contribution in [1.82, 2.24) is 24.5 Å². The molecule has 206 valence electrons. The number of hydrogen-bond acceptors (Lipinski definition) is 6. The molecule has 0 spiro atoms. The summed E-state index contributed by atoms with van der Waals surface area (Å²) in [6.07, 6.45) is 5.57. The summed E-state index contributed by atoms with van der Waals surface area (Å²) in [5.74, 6) is 8.31. The van der Waals surface area contributed by atoms with Gasteiger partial charge in [0.25, 0.3) is 5.78 Å². The summed E-state index contributed by atoms with van der Waals surface area (Å²) >= 11 is 1.31. The van der Waals surface area contributed by atoms with Crippen LogP contribution in [0.1, 0.15) is 97.1 Å². The number of carbonyl (C=O) groups is 1. The van der Waals surface area contributed by atoms with E-state index in [1.54, 1.807) is 0 Å². The normalized spacial score (nSPS) is 20.8. The Hall–Kier alpha value is -3.02. The van der Waals surface area contributed by atoms with Crippen LogP contribution in [-0.4, -0.2) is 48.6 Å². The molecular weight excluding hydrogens is 506 g/mol. The molecule has 1 aliphatic carbocycles. The van der Waals surface area contributed by atoms with Gasteiger partial charge in [-0.2, -0.15) is 4.98 Å². The largest absolute Gasteiger partial charge is 0.477 e. The Labute approximate surface area is 235 Å². The molecule has 8 heteroatoms. The highest BCUT2D eigenvalue weighted by molar-refractivity contribution is 7.14. The highest BCUT2D eigenvalue weighted by Gasteiger charge is 2.31. The number of nitrogens with zero attached hydrogens (tertiary/aromatic N) is 5. The second-order valence-electron chi connectivity index (χ2n) is 12.4. The second-order valence-corrected chi connectivity index (χ2v) is 13.4. The van der Waals surface area contributed by atoms with Crippen molar-refractivity contribution in [2.75, 3.05) is 13.1 Å². The van der Waals surface area contributed by atoms with E-state index in [0.717, 1.165) is 65.9 Å². The molecule has 0 amide bonds. The molecule has 0 bridgehead atoms. The lowest BCUT2D eigenvalue weighted by Crippen LogP contribution is -2.34. The summed E-state index contributed by atoms with van der Waals surface area (Å²) in [6.45, 7) is 14.9. The van der Waals surface area contributed by atoms with Crippen molar-refractivity contribution in [1.29, 1.82) is 0 Å². The number of hydrogen-bond donors (Lipinski definition) is 1. The number of carboxylic acids is 1. The lowest BCUT2D eigenvalue weighted by Gasteiger charge is -2.37. The monoisotopic (exact) mass is 545 g/mol. The van der Waals surface area contributed by atoms with E-state index in [0.29, 0.717) is 23.1 Å². The van der Waals surface area contributed by atoms with Gasteiger partial charge in [-0.15, -0.1) is 16.4 Å². The van der Waals surface area contributed by atoms with Crippen LogP contribution >= 0.6 is 11.3 Å². The van der Waals surface area contributed by atoms with Crippen LogP contribution in [-0.2, 0) is 6.54 Å². The van der Waals surface area contributed by atoms with Crippen molar-refractivity contribution in [2.45, 2.75) is 80.2 Å². The minimum atomic E-state index is -0.864. The Kier molecular flexibility index (Phi) is 7.67. The molecule has 2 aliphatic rings. The molecule has 0 radical (unpaired) electrons. The third-order valence-electron chi connectivity index (χ3n) is 7.81. The van der Waals surface area contributed by atoms with E-state index in [1.807, 2.05) is 30.5 Å². The third kappa shape index (κ3) is 6.26. The lowest BCUT2D eigenvalue weighted by molar-refractivity contribution is 0.0701. The Morgan fingerprint density at radius 3 is 2.59 bits per heavy atom. The highest BCUT2D eigenvalue weighted by atomic mass is 32.1. The zero-order valence-electron chi connectivity index (χ0n) is 24.0. The number of thiophene rings is 1. The van der Waals surface area contributed by atoms with Gasteiger partial charge in [-0.25, -0.2) is 14.3 Å². The smallest absolute Gasteiger partial charge is 0.346 e. The maximum Gasteiger partial charge on any atom is 0.346 e. The number of carboxylic acid groups (broad SMARTS) is 1. The van der Waals surface area contributed by atoms with E-state index in [4.69, 9.17) is 10.1 Å². The van der Waals surface area contributed by atoms with Crippen LogP contribution in [0.2, 0.25) is 0 Å². The summed E-state index contributed by atoms with van der Waals surface area (Å²) in [5, 5.41) is 14.9. The van der Waals surface area contributed by atoms with Gasteiger partial charge in [-0.3, -0.25) is 4.90 Å². The first kappa shape index (κ1) is 27.5. The van der Waals surface area contributed by atoms with E-state index in [-0.39, 0.29) is 5.41 Å². The minimum absolute atomic E-state index is 0.138. The van der Waals surface area contributed by atoms with Crippen molar-refractivity contribution in [3.63, 3.8) is 0 Å². The van der Waals surface area contributed by atoms with Crippen LogP contribution < -0.4 is 0 Å². The molecular formula is C31H39N5O2S. The van der Waals surface area contributed by atoms with E-state index < -0.39 is 5.97 Å². The third-order valence-corrected chi connectivity index (χ3v) is 8.85. The van der Waals surface area contributed by atoms with Crippen LogP contribution in [0.15, 0.2) is 17.7 Å². The predicted molar refractivity (Wildman–Crippen MR) is 156 cm³/mol. The second kappa shape index (κ2) is 10.9. The average Bonchev–Trinajstić information content (AvgIpc) is 3.47. The van der Waals surface area contributed by atoms with Gasteiger partial charge in [0.2, 0.25) is 0 Å². The van der Waals surface area contributed by atoms with Crippen LogP contribution in [0.3, 0.4) is 0 Å².